The molecule has 2 heterocycles. The van der Waals surface area contributed by atoms with Gasteiger partial charge in [0.25, 0.3) is 5.91 Å². The van der Waals surface area contributed by atoms with Crippen LogP contribution in [0.25, 0.3) is 11.0 Å². The summed E-state index contributed by atoms with van der Waals surface area (Å²) in [6.45, 7) is 10.8. The van der Waals surface area contributed by atoms with Gasteiger partial charge in [-0.1, -0.05) is 29.4 Å². The van der Waals surface area contributed by atoms with Gasteiger partial charge in [0, 0.05) is 34.9 Å². The number of H-pyrrole nitrogens is 1. The number of carboxylic acids is 1. The van der Waals surface area contributed by atoms with Gasteiger partial charge in [-0.3, -0.25) is 9.69 Å². The zero-order valence-electron chi connectivity index (χ0n) is 21.9. The summed E-state index contributed by atoms with van der Waals surface area (Å²) < 4.78 is 0. The van der Waals surface area contributed by atoms with Gasteiger partial charge in [0.05, 0.1) is 22.2 Å². The summed E-state index contributed by atoms with van der Waals surface area (Å²) in [6.07, 6.45) is 4.35. The average Bonchev–Trinajstić information content (AvgIpc) is 3.22. The Morgan fingerprint density at radius 2 is 1.84 bits per heavy atom. The lowest BCUT2D eigenvalue weighted by Crippen LogP contribution is -2.59. The zero-order valence-corrected chi connectivity index (χ0v) is 23.4. The van der Waals surface area contributed by atoms with Gasteiger partial charge >= 0.3 is 5.97 Å². The molecular weight excluding hydrogens is 508 g/mol. The fourth-order valence-corrected chi connectivity index (χ4v) is 6.42. The molecule has 3 aromatic rings. The van der Waals surface area contributed by atoms with Crippen molar-refractivity contribution >= 4 is 46.3 Å². The monoisotopic (exact) mass is 542 g/mol. The molecule has 0 saturated carbocycles. The van der Waals surface area contributed by atoms with E-state index in [1.165, 1.54) is 37.5 Å². The van der Waals surface area contributed by atoms with Crippen LogP contribution in [0.5, 0.6) is 0 Å². The molecule has 1 amide bonds. The number of aromatic amines is 1. The number of carboxylic acid groups (broad SMARTS) is 1. The van der Waals surface area contributed by atoms with Crippen LogP contribution in [0.1, 0.15) is 73.2 Å². The molecule has 0 spiro atoms. The molecule has 3 N–H and O–H groups in total. The van der Waals surface area contributed by atoms with E-state index in [9.17, 15) is 14.7 Å². The van der Waals surface area contributed by atoms with Crippen molar-refractivity contribution in [3.8, 4) is 0 Å². The predicted octanol–water partition coefficient (Wildman–Crippen LogP) is 6.02. The van der Waals surface area contributed by atoms with Crippen molar-refractivity contribution in [2.45, 2.75) is 69.6 Å². The molecule has 9 heteroatoms. The van der Waals surface area contributed by atoms with Crippen LogP contribution in [0.4, 0.5) is 0 Å². The van der Waals surface area contributed by atoms with E-state index in [2.05, 4.69) is 42.9 Å². The molecule has 0 atom stereocenters. The molecule has 4 rings (SSSR count). The number of fused-ring (bicyclic) bond motifs is 1. The summed E-state index contributed by atoms with van der Waals surface area (Å²) in [5, 5.41) is 13.4. The number of piperidine rings is 1. The predicted molar refractivity (Wildman–Crippen MR) is 150 cm³/mol. The quantitative estimate of drug-likeness (QED) is 0.286. The summed E-state index contributed by atoms with van der Waals surface area (Å²) in [4.78, 5) is 34.8. The standard InChI is InChI=1S/C28H35ClN4O3S/c1-27(2)11-5-12-28(3,4)33(27)14-15-37-26-31-22-9-6-18(16-23(22)32-26)10-13-30-24(34)20-8-7-19(29)17-21(20)25(35)36/h6-9,16-17H,5,10-15H2,1-4H3,(H,30,34)(H,31,32)(H,35,36). The summed E-state index contributed by atoms with van der Waals surface area (Å²) in [6, 6.07) is 10.3. The van der Waals surface area contributed by atoms with Crippen molar-refractivity contribution in [2.24, 2.45) is 0 Å². The largest absolute Gasteiger partial charge is 0.478 e. The highest BCUT2D eigenvalue weighted by molar-refractivity contribution is 7.99. The summed E-state index contributed by atoms with van der Waals surface area (Å²) in [5.41, 5.74) is 3.34. The molecule has 1 aromatic heterocycles. The van der Waals surface area contributed by atoms with Gasteiger partial charge in [0.15, 0.2) is 5.16 Å². The first kappa shape index (κ1) is 27.5. The number of nitrogens with zero attached hydrogens (tertiary/aromatic N) is 2. The van der Waals surface area contributed by atoms with E-state index in [0.717, 1.165) is 34.1 Å². The van der Waals surface area contributed by atoms with Crippen LogP contribution >= 0.6 is 23.4 Å². The second-order valence-corrected chi connectivity index (χ2v) is 12.4. The van der Waals surface area contributed by atoms with Gasteiger partial charge in [-0.25, -0.2) is 9.78 Å². The second kappa shape index (κ2) is 11.1. The van der Waals surface area contributed by atoms with Crippen molar-refractivity contribution in [2.75, 3.05) is 18.8 Å². The fraction of sp³-hybridized carbons (Fsp3) is 0.464. The molecule has 37 heavy (non-hydrogen) atoms. The Morgan fingerprint density at radius 1 is 1.11 bits per heavy atom. The minimum atomic E-state index is -1.19. The van der Waals surface area contributed by atoms with E-state index in [0.29, 0.717) is 13.0 Å². The van der Waals surface area contributed by atoms with Gasteiger partial charge < -0.3 is 15.4 Å². The number of amides is 1. The molecule has 1 fully saturated rings. The molecule has 0 radical (unpaired) electrons. The highest BCUT2D eigenvalue weighted by atomic mass is 35.5. The van der Waals surface area contributed by atoms with Crippen molar-refractivity contribution in [1.82, 2.24) is 20.2 Å². The Hall–Kier alpha value is -2.55. The molecule has 1 saturated heterocycles. The Morgan fingerprint density at radius 3 is 2.54 bits per heavy atom. The van der Waals surface area contributed by atoms with E-state index in [1.807, 2.05) is 18.2 Å². The Bertz CT molecular complexity index is 1290. The topological polar surface area (TPSA) is 98.3 Å². The Balaban J connectivity index is 1.33. The minimum Gasteiger partial charge on any atom is -0.478 e. The van der Waals surface area contributed by atoms with Crippen molar-refractivity contribution < 1.29 is 14.7 Å². The molecule has 2 aromatic carbocycles. The number of likely N-dealkylation sites (tertiary alicyclic amines) is 1. The summed E-state index contributed by atoms with van der Waals surface area (Å²) in [5.74, 6) is -0.656. The maximum atomic E-state index is 12.5. The van der Waals surface area contributed by atoms with Crippen LogP contribution in [0.2, 0.25) is 5.02 Å². The number of aromatic carboxylic acids is 1. The Labute approximate surface area is 227 Å². The molecule has 1 aliphatic heterocycles. The summed E-state index contributed by atoms with van der Waals surface area (Å²) >= 11 is 7.63. The number of hydrogen-bond donors (Lipinski definition) is 3. The first-order valence-electron chi connectivity index (χ1n) is 12.7. The number of nitrogens with one attached hydrogen (secondary N) is 2. The third-order valence-corrected chi connectivity index (χ3v) is 8.36. The van der Waals surface area contributed by atoms with Crippen LogP contribution < -0.4 is 5.32 Å². The van der Waals surface area contributed by atoms with Crippen LogP contribution in [0.3, 0.4) is 0 Å². The molecule has 0 bridgehead atoms. The van der Waals surface area contributed by atoms with E-state index in [4.69, 9.17) is 16.6 Å². The third-order valence-electron chi connectivity index (χ3n) is 7.27. The molecule has 0 unspecified atom stereocenters. The molecular formula is C28H35ClN4O3S. The second-order valence-electron chi connectivity index (χ2n) is 10.9. The third kappa shape index (κ3) is 6.48. The number of imidazole rings is 1. The number of thioether (sulfide) groups is 1. The van der Waals surface area contributed by atoms with Crippen LogP contribution in [-0.4, -0.2) is 61.8 Å². The lowest BCUT2D eigenvalue weighted by atomic mass is 9.80. The fourth-order valence-electron chi connectivity index (χ4n) is 5.44. The van der Waals surface area contributed by atoms with Gasteiger partial charge in [-0.15, -0.1) is 0 Å². The van der Waals surface area contributed by atoms with Gasteiger partial charge in [0.1, 0.15) is 0 Å². The van der Waals surface area contributed by atoms with Crippen molar-refractivity contribution in [3.05, 3.63) is 58.1 Å². The maximum absolute atomic E-state index is 12.5. The SMILES string of the molecule is CC1(C)CCCC(C)(C)N1CCSc1nc2cc(CCNC(=O)c3ccc(Cl)cc3C(=O)O)ccc2[nH]1. The molecule has 0 aliphatic carbocycles. The lowest BCUT2D eigenvalue weighted by Gasteiger charge is -2.53. The van der Waals surface area contributed by atoms with Gasteiger partial charge in [-0.2, -0.15) is 0 Å². The highest BCUT2D eigenvalue weighted by Gasteiger charge is 2.40. The van der Waals surface area contributed by atoms with Crippen LogP contribution in [-0.2, 0) is 6.42 Å². The maximum Gasteiger partial charge on any atom is 0.336 e. The first-order valence-corrected chi connectivity index (χ1v) is 14.0. The smallest absolute Gasteiger partial charge is 0.336 e. The lowest BCUT2D eigenvalue weighted by molar-refractivity contribution is -0.0209. The van der Waals surface area contributed by atoms with E-state index >= 15 is 0 Å². The van der Waals surface area contributed by atoms with Gasteiger partial charge in [0.2, 0.25) is 0 Å². The molecule has 1 aliphatic rings. The molecule has 7 nitrogen and oxygen atoms in total. The number of rotatable bonds is 9. The number of hydrogen-bond acceptors (Lipinski definition) is 5. The van der Waals surface area contributed by atoms with Crippen LogP contribution in [0, 0.1) is 0 Å². The van der Waals surface area contributed by atoms with Crippen molar-refractivity contribution in [1.29, 1.82) is 0 Å². The van der Waals surface area contributed by atoms with E-state index in [1.54, 1.807) is 11.8 Å². The number of aromatic nitrogens is 2. The Kier molecular flexibility index (Phi) is 8.21. The van der Waals surface area contributed by atoms with Gasteiger partial charge in [-0.05, 0) is 89.3 Å². The van der Waals surface area contributed by atoms with E-state index in [-0.39, 0.29) is 27.2 Å². The van der Waals surface area contributed by atoms with Crippen LogP contribution in [0.15, 0.2) is 41.6 Å². The minimum absolute atomic E-state index is 0.0950. The average molecular weight is 543 g/mol. The number of benzene rings is 2. The van der Waals surface area contributed by atoms with Crippen molar-refractivity contribution in [3.63, 3.8) is 0 Å². The first-order chi connectivity index (χ1) is 17.5. The van der Waals surface area contributed by atoms with E-state index < -0.39 is 11.9 Å². The number of carbonyl (C=O) groups is 2. The summed E-state index contributed by atoms with van der Waals surface area (Å²) in [7, 11) is 0. The zero-order chi connectivity index (χ0) is 26.8. The number of halogens is 1. The normalized spacial score (nSPS) is 17.1. The molecule has 198 valence electrons. The number of carbonyl (C=O) groups excluding carboxylic acids is 1. The highest BCUT2D eigenvalue weighted by Crippen LogP contribution is 2.38.